The highest BCUT2D eigenvalue weighted by atomic mass is 16.5. The number of carbonyl (C=O) groups is 1. The van der Waals surface area contributed by atoms with Gasteiger partial charge in [-0.3, -0.25) is 4.79 Å². The Bertz CT molecular complexity index is 428. The van der Waals surface area contributed by atoms with Gasteiger partial charge in [0.1, 0.15) is 0 Å². The normalized spacial score (nSPS) is 10.6. The second kappa shape index (κ2) is 7.37. The van der Waals surface area contributed by atoms with E-state index < -0.39 is 0 Å². The smallest absolute Gasteiger partial charge is 0.255 e. The van der Waals surface area contributed by atoms with Gasteiger partial charge in [0.2, 0.25) is 0 Å². The number of carbonyl (C=O) groups excluding carboxylic acids is 1. The molecular weight excluding hydrogens is 228 g/mol. The van der Waals surface area contributed by atoms with Crippen LogP contribution in [0.1, 0.15) is 30.6 Å². The van der Waals surface area contributed by atoms with Crippen molar-refractivity contribution in [2.24, 2.45) is 0 Å². The number of benzene rings is 1. The number of nitrogens with one attached hydrogen (secondary N) is 1. The van der Waals surface area contributed by atoms with E-state index >= 15 is 0 Å². The Morgan fingerprint density at radius 1 is 1.50 bits per heavy atom. The predicted octanol–water partition coefficient (Wildman–Crippen LogP) is 2.36. The molecule has 4 nitrogen and oxygen atoms in total. The van der Waals surface area contributed by atoms with Crippen LogP contribution in [0.15, 0.2) is 30.4 Å². The lowest BCUT2D eigenvalue weighted by molar-refractivity contribution is 0.0950. The molecule has 0 unspecified atom stereocenters. The number of rotatable bonds is 6. The third-order valence-corrected chi connectivity index (χ3v) is 2.41. The minimum Gasteiger partial charge on any atom is -0.491 e. The van der Waals surface area contributed by atoms with Gasteiger partial charge in [0, 0.05) is 6.54 Å². The summed E-state index contributed by atoms with van der Waals surface area (Å²) in [5.74, 6) is 0.304. The Hall–Kier alpha value is -1.97. The van der Waals surface area contributed by atoms with Crippen LogP contribution in [0.2, 0.25) is 0 Å². The predicted molar refractivity (Wildman–Crippen MR) is 73.8 cm³/mol. The molecule has 0 radical (unpaired) electrons. The van der Waals surface area contributed by atoms with Gasteiger partial charge in [-0.1, -0.05) is 18.2 Å². The second-order valence-electron chi connectivity index (χ2n) is 3.77. The zero-order valence-corrected chi connectivity index (χ0v) is 10.9. The Morgan fingerprint density at radius 2 is 2.28 bits per heavy atom. The van der Waals surface area contributed by atoms with Crippen LogP contribution in [0.4, 0.5) is 5.69 Å². The molecule has 0 spiro atoms. The Morgan fingerprint density at radius 3 is 2.94 bits per heavy atom. The zero-order chi connectivity index (χ0) is 13.4. The van der Waals surface area contributed by atoms with Crippen molar-refractivity contribution in [1.29, 1.82) is 0 Å². The van der Waals surface area contributed by atoms with Crippen molar-refractivity contribution in [1.82, 2.24) is 5.32 Å². The standard InChI is InChI=1S/C14H20N2O2/c1-3-5-6-10-16-14(17)11-8-7-9-12(15)13(11)18-4-2/h3,5,7-9H,4,6,10,15H2,1-2H3,(H,16,17)/b5-3+. The molecule has 0 bridgehead atoms. The third kappa shape index (κ3) is 3.80. The van der Waals surface area contributed by atoms with E-state index in [1.165, 1.54) is 0 Å². The van der Waals surface area contributed by atoms with Crippen LogP contribution in [0.5, 0.6) is 5.75 Å². The number of para-hydroxylation sites is 1. The molecule has 0 aliphatic rings. The van der Waals surface area contributed by atoms with Crippen molar-refractivity contribution in [3.63, 3.8) is 0 Å². The summed E-state index contributed by atoms with van der Waals surface area (Å²) in [7, 11) is 0. The number of allylic oxidation sites excluding steroid dienone is 1. The molecule has 0 fully saturated rings. The summed E-state index contributed by atoms with van der Waals surface area (Å²) in [6, 6.07) is 5.19. The van der Waals surface area contributed by atoms with Crippen LogP contribution in [-0.2, 0) is 0 Å². The summed E-state index contributed by atoms with van der Waals surface area (Å²) >= 11 is 0. The van der Waals surface area contributed by atoms with Crippen molar-refractivity contribution in [3.8, 4) is 5.75 Å². The van der Waals surface area contributed by atoms with Gasteiger partial charge in [0.25, 0.3) is 5.91 Å². The van der Waals surface area contributed by atoms with Gasteiger partial charge in [-0.15, -0.1) is 0 Å². The minimum absolute atomic E-state index is 0.157. The van der Waals surface area contributed by atoms with Crippen molar-refractivity contribution < 1.29 is 9.53 Å². The number of amides is 1. The number of hydrogen-bond donors (Lipinski definition) is 2. The van der Waals surface area contributed by atoms with Crippen LogP contribution in [-0.4, -0.2) is 19.1 Å². The molecule has 1 aromatic carbocycles. The van der Waals surface area contributed by atoms with Gasteiger partial charge in [0.05, 0.1) is 17.9 Å². The molecule has 0 aromatic heterocycles. The molecule has 0 saturated carbocycles. The lowest BCUT2D eigenvalue weighted by Gasteiger charge is -2.12. The molecule has 0 aliphatic carbocycles. The van der Waals surface area contributed by atoms with Crippen LogP contribution in [0.25, 0.3) is 0 Å². The highest BCUT2D eigenvalue weighted by Gasteiger charge is 2.13. The van der Waals surface area contributed by atoms with Crippen LogP contribution in [0.3, 0.4) is 0 Å². The fraction of sp³-hybridized carbons (Fsp3) is 0.357. The molecule has 18 heavy (non-hydrogen) atoms. The van der Waals surface area contributed by atoms with E-state index in [0.29, 0.717) is 30.2 Å². The molecule has 0 saturated heterocycles. The molecule has 1 amide bonds. The van der Waals surface area contributed by atoms with E-state index in [1.54, 1.807) is 18.2 Å². The summed E-state index contributed by atoms with van der Waals surface area (Å²) in [6.07, 6.45) is 4.77. The molecule has 98 valence electrons. The first-order valence-corrected chi connectivity index (χ1v) is 6.11. The molecule has 0 heterocycles. The maximum Gasteiger partial charge on any atom is 0.255 e. The number of ether oxygens (including phenoxy) is 1. The lowest BCUT2D eigenvalue weighted by Crippen LogP contribution is -2.25. The largest absolute Gasteiger partial charge is 0.491 e. The van der Waals surface area contributed by atoms with Gasteiger partial charge in [-0.05, 0) is 32.4 Å². The maximum atomic E-state index is 12.0. The molecule has 4 heteroatoms. The van der Waals surface area contributed by atoms with E-state index in [1.807, 2.05) is 26.0 Å². The number of nitrogens with two attached hydrogens (primary N) is 1. The Kier molecular flexibility index (Phi) is 5.77. The van der Waals surface area contributed by atoms with E-state index in [0.717, 1.165) is 6.42 Å². The molecule has 0 aliphatic heterocycles. The van der Waals surface area contributed by atoms with E-state index in [-0.39, 0.29) is 5.91 Å². The highest BCUT2D eigenvalue weighted by Crippen LogP contribution is 2.26. The SMILES string of the molecule is C/C=C/CCNC(=O)c1cccc(N)c1OCC. The zero-order valence-electron chi connectivity index (χ0n) is 10.9. The van der Waals surface area contributed by atoms with Crippen molar-refractivity contribution >= 4 is 11.6 Å². The monoisotopic (exact) mass is 248 g/mol. The Balaban J connectivity index is 2.75. The average Bonchev–Trinajstić information content (AvgIpc) is 2.37. The molecule has 1 aromatic rings. The van der Waals surface area contributed by atoms with Crippen molar-refractivity contribution in [2.45, 2.75) is 20.3 Å². The number of anilines is 1. The van der Waals surface area contributed by atoms with E-state index in [2.05, 4.69) is 5.32 Å². The first-order chi connectivity index (χ1) is 8.70. The molecule has 1 rings (SSSR count). The van der Waals surface area contributed by atoms with Gasteiger partial charge >= 0.3 is 0 Å². The Labute approximate surface area is 108 Å². The highest BCUT2D eigenvalue weighted by molar-refractivity contribution is 5.98. The summed E-state index contributed by atoms with van der Waals surface area (Å²) < 4.78 is 5.42. The number of nitrogen functional groups attached to an aromatic ring is 1. The minimum atomic E-state index is -0.157. The second-order valence-corrected chi connectivity index (χ2v) is 3.77. The summed E-state index contributed by atoms with van der Waals surface area (Å²) in [4.78, 5) is 12.0. The van der Waals surface area contributed by atoms with Crippen LogP contribution < -0.4 is 15.8 Å². The quantitative estimate of drug-likeness (QED) is 0.461. The number of hydrogen-bond acceptors (Lipinski definition) is 3. The molecule has 3 N–H and O–H groups in total. The van der Waals surface area contributed by atoms with Crippen LogP contribution in [0, 0.1) is 0 Å². The maximum absolute atomic E-state index is 12.0. The van der Waals surface area contributed by atoms with Gasteiger partial charge < -0.3 is 15.8 Å². The summed E-state index contributed by atoms with van der Waals surface area (Å²) in [5, 5.41) is 2.83. The average molecular weight is 248 g/mol. The van der Waals surface area contributed by atoms with Gasteiger partial charge in [-0.25, -0.2) is 0 Å². The van der Waals surface area contributed by atoms with E-state index in [9.17, 15) is 4.79 Å². The van der Waals surface area contributed by atoms with Crippen LogP contribution >= 0.6 is 0 Å². The molecular formula is C14H20N2O2. The first-order valence-electron chi connectivity index (χ1n) is 6.11. The lowest BCUT2D eigenvalue weighted by atomic mass is 10.1. The van der Waals surface area contributed by atoms with Crippen molar-refractivity contribution in [3.05, 3.63) is 35.9 Å². The summed E-state index contributed by atoms with van der Waals surface area (Å²) in [5.41, 5.74) is 6.77. The van der Waals surface area contributed by atoms with Gasteiger partial charge in [0.15, 0.2) is 5.75 Å². The fourth-order valence-electron chi connectivity index (χ4n) is 1.57. The topological polar surface area (TPSA) is 64.4 Å². The van der Waals surface area contributed by atoms with E-state index in [4.69, 9.17) is 10.5 Å². The fourth-order valence-corrected chi connectivity index (χ4v) is 1.57. The van der Waals surface area contributed by atoms with Crippen molar-refractivity contribution in [2.75, 3.05) is 18.9 Å². The molecule has 0 atom stereocenters. The first kappa shape index (κ1) is 14.1. The van der Waals surface area contributed by atoms with Gasteiger partial charge in [-0.2, -0.15) is 0 Å². The third-order valence-electron chi connectivity index (χ3n) is 2.41. The summed E-state index contributed by atoms with van der Waals surface area (Å²) in [6.45, 7) is 4.89.